The fourth-order valence-corrected chi connectivity index (χ4v) is 2.45. The molecular weight excluding hydrogens is 224 g/mol. The van der Waals surface area contributed by atoms with E-state index < -0.39 is 5.97 Å². The van der Waals surface area contributed by atoms with Gasteiger partial charge in [-0.2, -0.15) is 0 Å². The molecule has 88 valence electrons. The molecule has 3 aromatic rings. The van der Waals surface area contributed by atoms with Gasteiger partial charge in [-0.3, -0.25) is 4.79 Å². The highest BCUT2D eigenvalue weighted by molar-refractivity contribution is 6.09. The minimum absolute atomic E-state index is 0.0609. The molecule has 0 fully saturated rings. The van der Waals surface area contributed by atoms with Crippen LogP contribution in [0.2, 0.25) is 0 Å². The molecular formula is C16H12O2. The van der Waals surface area contributed by atoms with E-state index in [1.54, 1.807) is 0 Å². The van der Waals surface area contributed by atoms with Crippen LogP contribution in [0.15, 0.2) is 54.6 Å². The smallest absolute Gasteiger partial charge is 0.307 e. The van der Waals surface area contributed by atoms with Crippen LogP contribution in [-0.4, -0.2) is 11.1 Å². The highest BCUT2D eigenvalue weighted by Crippen LogP contribution is 2.28. The van der Waals surface area contributed by atoms with E-state index in [2.05, 4.69) is 6.07 Å². The van der Waals surface area contributed by atoms with Gasteiger partial charge in [-0.25, -0.2) is 0 Å². The minimum Gasteiger partial charge on any atom is -0.481 e. The Morgan fingerprint density at radius 1 is 0.889 bits per heavy atom. The molecule has 0 unspecified atom stereocenters. The van der Waals surface area contributed by atoms with Gasteiger partial charge in [-0.15, -0.1) is 0 Å². The van der Waals surface area contributed by atoms with Gasteiger partial charge in [0.15, 0.2) is 0 Å². The quantitative estimate of drug-likeness (QED) is 0.690. The number of fused-ring (bicyclic) bond motifs is 3. The Balaban J connectivity index is 2.42. The monoisotopic (exact) mass is 236 g/mol. The van der Waals surface area contributed by atoms with E-state index >= 15 is 0 Å². The molecule has 0 amide bonds. The summed E-state index contributed by atoms with van der Waals surface area (Å²) < 4.78 is 0. The van der Waals surface area contributed by atoms with E-state index in [0.717, 1.165) is 27.1 Å². The first-order valence-electron chi connectivity index (χ1n) is 5.87. The summed E-state index contributed by atoms with van der Waals surface area (Å²) in [7, 11) is 0. The van der Waals surface area contributed by atoms with E-state index in [1.807, 2.05) is 48.5 Å². The number of carboxylic acids is 1. The second-order valence-corrected chi connectivity index (χ2v) is 4.37. The normalized spacial score (nSPS) is 10.9. The van der Waals surface area contributed by atoms with Gasteiger partial charge in [0.2, 0.25) is 0 Å². The van der Waals surface area contributed by atoms with Crippen LogP contribution < -0.4 is 0 Å². The molecule has 3 aromatic carbocycles. The highest BCUT2D eigenvalue weighted by Gasteiger charge is 2.08. The summed E-state index contributed by atoms with van der Waals surface area (Å²) >= 11 is 0. The van der Waals surface area contributed by atoms with E-state index in [1.165, 1.54) is 0 Å². The maximum Gasteiger partial charge on any atom is 0.307 e. The molecule has 0 aliphatic heterocycles. The van der Waals surface area contributed by atoms with Crippen LogP contribution in [0.3, 0.4) is 0 Å². The van der Waals surface area contributed by atoms with E-state index in [0.29, 0.717) is 0 Å². The van der Waals surface area contributed by atoms with Crippen molar-refractivity contribution in [2.45, 2.75) is 6.42 Å². The molecule has 0 spiro atoms. The van der Waals surface area contributed by atoms with Gasteiger partial charge in [0.1, 0.15) is 0 Å². The van der Waals surface area contributed by atoms with E-state index in [9.17, 15) is 4.79 Å². The van der Waals surface area contributed by atoms with Crippen molar-refractivity contribution in [3.8, 4) is 0 Å². The number of benzene rings is 3. The molecule has 0 bridgehead atoms. The molecule has 18 heavy (non-hydrogen) atoms. The highest BCUT2D eigenvalue weighted by atomic mass is 16.4. The Morgan fingerprint density at radius 2 is 1.61 bits per heavy atom. The van der Waals surface area contributed by atoms with Gasteiger partial charge in [-0.05, 0) is 27.1 Å². The molecule has 0 radical (unpaired) electrons. The molecule has 0 saturated carbocycles. The standard InChI is InChI=1S/C16H12O2/c17-15(18)10-13-6-3-5-12-9-8-11-4-1-2-7-14(11)16(12)13/h1-9H,10H2,(H,17,18). The Morgan fingerprint density at radius 3 is 2.44 bits per heavy atom. The average Bonchev–Trinajstić information content (AvgIpc) is 2.38. The van der Waals surface area contributed by atoms with E-state index in [4.69, 9.17) is 5.11 Å². The van der Waals surface area contributed by atoms with Crippen LogP contribution >= 0.6 is 0 Å². The Hall–Kier alpha value is -2.35. The Kier molecular flexibility index (Phi) is 2.49. The SMILES string of the molecule is O=C(O)Cc1cccc2ccc3ccccc3c12. The molecule has 0 saturated heterocycles. The number of hydrogen-bond donors (Lipinski definition) is 1. The van der Waals surface area contributed by atoms with Crippen molar-refractivity contribution >= 4 is 27.5 Å². The maximum atomic E-state index is 10.9. The third kappa shape index (κ3) is 1.72. The molecule has 1 N–H and O–H groups in total. The molecule has 3 rings (SSSR count). The summed E-state index contributed by atoms with van der Waals surface area (Å²) in [6, 6.07) is 18.0. The van der Waals surface area contributed by atoms with Gasteiger partial charge < -0.3 is 5.11 Å². The van der Waals surface area contributed by atoms with Gasteiger partial charge in [0.05, 0.1) is 6.42 Å². The van der Waals surface area contributed by atoms with Crippen molar-refractivity contribution in [2.75, 3.05) is 0 Å². The summed E-state index contributed by atoms with van der Waals surface area (Å²) in [6.45, 7) is 0. The second-order valence-electron chi connectivity index (χ2n) is 4.37. The summed E-state index contributed by atoms with van der Waals surface area (Å²) in [4.78, 5) is 10.9. The van der Waals surface area contributed by atoms with Gasteiger partial charge in [-0.1, -0.05) is 54.6 Å². The number of rotatable bonds is 2. The number of carboxylic acid groups (broad SMARTS) is 1. The molecule has 2 nitrogen and oxygen atoms in total. The van der Waals surface area contributed by atoms with Crippen LogP contribution in [0.4, 0.5) is 0 Å². The van der Waals surface area contributed by atoms with Gasteiger partial charge in [0, 0.05) is 0 Å². The fourth-order valence-electron chi connectivity index (χ4n) is 2.45. The lowest BCUT2D eigenvalue weighted by Crippen LogP contribution is -2.00. The van der Waals surface area contributed by atoms with Gasteiger partial charge >= 0.3 is 5.97 Å². The topological polar surface area (TPSA) is 37.3 Å². The van der Waals surface area contributed by atoms with Crippen LogP contribution in [0.25, 0.3) is 21.5 Å². The second kappa shape index (κ2) is 4.15. The predicted molar refractivity (Wildman–Crippen MR) is 72.8 cm³/mol. The molecule has 0 aliphatic carbocycles. The van der Waals surface area contributed by atoms with Crippen molar-refractivity contribution < 1.29 is 9.90 Å². The first kappa shape index (κ1) is 10.8. The van der Waals surface area contributed by atoms with Crippen LogP contribution in [0.5, 0.6) is 0 Å². The summed E-state index contributed by atoms with van der Waals surface area (Å²) in [5.41, 5.74) is 0.872. The summed E-state index contributed by atoms with van der Waals surface area (Å²) in [6.07, 6.45) is 0.0609. The maximum absolute atomic E-state index is 10.9. The summed E-state index contributed by atoms with van der Waals surface area (Å²) in [5.74, 6) is -0.796. The lowest BCUT2D eigenvalue weighted by Gasteiger charge is -2.08. The Bertz CT molecular complexity index is 744. The Labute approximate surface area is 104 Å². The molecule has 0 aromatic heterocycles. The molecule has 0 heterocycles. The van der Waals surface area contributed by atoms with Crippen molar-refractivity contribution in [3.05, 3.63) is 60.2 Å². The predicted octanol–water partition coefficient (Wildman–Crippen LogP) is 3.62. The van der Waals surface area contributed by atoms with E-state index in [-0.39, 0.29) is 6.42 Å². The molecule has 0 aliphatic rings. The van der Waals surface area contributed by atoms with Crippen molar-refractivity contribution in [1.82, 2.24) is 0 Å². The van der Waals surface area contributed by atoms with Crippen LogP contribution in [0.1, 0.15) is 5.56 Å². The zero-order valence-electron chi connectivity index (χ0n) is 9.76. The number of carbonyl (C=O) groups is 1. The van der Waals surface area contributed by atoms with Crippen molar-refractivity contribution in [1.29, 1.82) is 0 Å². The lowest BCUT2D eigenvalue weighted by molar-refractivity contribution is -0.136. The first-order valence-corrected chi connectivity index (χ1v) is 5.87. The van der Waals surface area contributed by atoms with Crippen LogP contribution in [-0.2, 0) is 11.2 Å². The zero-order chi connectivity index (χ0) is 12.5. The average molecular weight is 236 g/mol. The van der Waals surface area contributed by atoms with Crippen molar-refractivity contribution in [2.24, 2.45) is 0 Å². The summed E-state index contributed by atoms with van der Waals surface area (Å²) in [5, 5.41) is 13.4. The third-order valence-corrected chi connectivity index (χ3v) is 3.20. The van der Waals surface area contributed by atoms with Crippen molar-refractivity contribution in [3.63, 3.8) is 0 Å². The largest absolute Gasteiger partial charge is 0.481 e. The fraction of sp³-hybridized carbons (Fsp3) is 0.0625. The number of hydrogen-bond acceptors (Lipinski definition) is 1. The van der Waals surface area contributed by atoms with Crippen LogP contribution in [0, 0.1) is 0 Å². The minimum atomic E-state index is -0.796. The van der Waals surface area contributed by atoms with Gasteiger partial charge in [0.25, 0.3) is 0 Å². The lowest BCUT2D eigenvalue weighted by atomic mass is 9.96. The zero-order valence-corrected chi connectivity index (χ0v) is 9.76. The number of aliphatic carboxylic acids is 1. The molecule has 2 heteroatoms. The third-order valence-electron chi connectivity index (χ3n) is 3.20. The molecule has 0 atom stereocenters. The first-order chi connectivity index (χ1) is 8.75.